The maximum Gasteiger partial charge on any atom is 0.306 e. The van der Waals surface area contributed by atoms with Gasteiger partial charge in [-0.1, -0.05) is 35.3 Å². The Bertz CT molecular complexity index is 962. The lowest BCUT2D eigenvalue weighted by Crippen LogP contribution is -2.21. The maximum atomic E-state index is 11.9. The summed E-state index contributed by atoms with van der Waals surface area (Å²) in [6, 6.07) is 11.1. The highest BCUT2D eigenvalue weighted by atomic mass is 35.5. The average molecular weight is 451 g/mol. The summed E-state index contributed by atoms with van der Waals surface area (Å²) in [7, 11) is 0. The number of anilines is 2. The first-order valence-electron chi connectivity index (χ1n) is 9.06. The molecule has 2 N–H and O–H groups in total. The molecule has 0 saturated heterocycles. The van der Waals surface area contributed by atoms with Gasteiger partial charge in [0, 0.05) is 29.8 Å². The molecule has 0 aliphatic heterocycles. The summed E-state index contributed by atoms with van der Waals surface area (Å²) in [4.78, 5) is 46.9. The number of amides is 2. The molecular formula is C21H20Cl2N2O5. The minimum atomic E-state index is -0.593. The Kier molecular flexibility index (Phi) is 8.83. The van der Waals surface area contributed by atoms with Gasteiger partial charge in [0.1, 0.15) is 0 Å². The second kappa shape index (κ2) is 11.3. The molecular weight excluding hydrogens is 431 g/mol. The summed E-state index contributed by atoms with van der Waals surface area (Å²) in [6.45, 7) is 0.964. The monoisotopic (exact) mass is 450 g/mol. The van der Waals surface area contributed by atoms with Crippen LogP contribution >= 0.6 is 23.2 Å². The average Bonchev–Trinajstić information content (AvgIpc) is 2.69. The molecule has 30 heavy (non-hydrogen) atoms. The molecule has 0 bridgehead atoms. The van der Waals surface area contributed by atoms with Crippen LogP contribution in [-0.4, -0.2) is 30.2 Å². The highest BCUT2D eigenvalue weighted by Crippen LogP contribution is 2.25. The van der Waals surface area contributed by atoms with Crippen molar-refractivity contribution in [3.8, 4) is 0 Å². The molecule has 158 valence electrons. The molecule has 2 rings (SSSR count). The summed E-state index contributed by atoms with van der Waals surface area (Å²) >= 11 is 11.7. The number of hydrogen-bond acceptors (Lipinski definition) is 5. The Balaban J connectivity index is 1.67. The van der Waals surface area contributed by atoms with E-state index >= 15 is 0 Å². The topological polar surface area (TPSA) is 102 Å². The normalized spacial score (nSPS) is 10.2. The zero-order valence-electron chi connectivity index (χ0n) is 16.2. The number of hydrogen-bond donors (Lipinski definition) is 2. The zero-order valence-corrected chi connectivity index (χ0v) is 17.7. The third kappa shape index (κ3) is 7.85. The number of ketones is 1. The molecule has 0 saturated carbocycles. The lowest BCUT2D eigenvalue weighted by Gasteiger charge is -2.08. The molecule has 9 heteroatoms. The molecule has 0 aliphatic carbocycles. The maximum absolute atomic E-state index is 11.9. The Morgan fingerprint density at radius 2 is 1.57 bits per heavy atom. The van der Waals surface area contributed by atoms with Crippen molar-refractivity contribution < 1.29 is 23.9 Å². The van der Waals surface area contributed by atoms with E-state index in [1.807, 2.05) is 0 Å². The molecule has 0 atom stereocenters. The second-order valence-electron chi connectivity index (χ2n) is 6.38. The van der Waals surface area contributed by atoms with E-state index in [2.05, 4.69) is 10.6 Å². The number of Topliss-reactive ketones (excluding diaryl/α,β-unsaturated/α-hetero) is 1. The van der Waals surface area contributed by atoms with E-state index in [1.165, 1.54) is 19.1 Å². The molecule has 2 amide bonds. The smallest absolute Gasteiger partial charge is 0.306 e. The first-order valence-corrected chi connectivity index (χ1v) is 9.81. The highest BCUT2D eigenvalue weighted by molar-refractivity contribution is 6.42. The van der Waals surface area contributed by atoms with Crippen LogP contribution < -0.4 is 10.6 Å². The van der Waals surface area contributed by atoms with Crippen LogP contribution in [0.5, 0.6) is 0 Å². The van der Waals surface area contributed by atoms with Crippen LogP contribution in [0.3, 0.4) is 0 Å². The van der Waals surface area contributed by atoms with Crippen molar-refractivity contribution in [1.82, 2.24) is 0 Å². The van der Waals surface area contributed by atoms with Crippen molar-refractivity contribution in [2.75, 3.05) is 17.2 Å². The third-order valence-electron chi connectivity index (χ3n) is 3.91. The summed E-state index contributed by atoms with van der Waals surface area (Å²) in [6.07, 6.45) is 0.343. The number of halogens is 2. The van der Waals surface area contributed by atoms with Gasteiger partial charge in [0.15, 0.2) is 12.4 Å². The first-order chi connectivity index (χ1) is 14.2. The van der Waals surface area contributed by atoms with Crippen molar-refractivity contribution in [2.24, 2.45) is 0 Å². The second-order valence-corrected chi connectivity index (χ2v) is 7.19. The Morgan fingerprint density at radius 3 is 2.27 bits per heavy atom. The van der Waals surface area contributed by atoms with E-state index in [0.29, 0.717) is 27.0 Å². The van der Waals surface area contributed by atoms with E-state index in [1.54, 1.807) is 30.3 Å². The van der Waals surface area contributed by atoms with Gasteiger partial charge in [-0.3, -0.25) is 19.2 Å². The van der Waals surface area contributed by atoms with Crippen molar-refractivity contribution in [1.29, 1.82) is 0 Å². The third-order valence-corrected chi connectivity index (χ3v) is 4.64. The van der Waals surface area contributed by atoms with Crippen molar-refractivity contribution in [3.05, 3.63) is 58.1 Å². The summed E-state index contributed by atoms with van der Waals surface area (Å²) in [5.74, 6) is -1.53. The van der Waals surface area contributed by atoms with E-state index in [0.717, 1.165) is 0 Å². The van der Waals surface area contributed by atoms with Crippen molar-refractivity contribution in [2.45, 2.75) is 26.2 Å². The lowest BCUT2D eigenvalue weighted by atomic mass is 10.1. The van der Waals surface area contributed by atoms with Gasteiger partial charge in [0.05, 0.1) is 10.0 Å². The summed E-state index contributed by atoms with van der Waals surface area (Å²) in [5, 5.41) is 5.91. The Hall–Kier alpha value is -2.90. The molecule has 0 unspecified atom stereocenters. The van der Waals surface area contributed by atoms with Crippen molar-refractivity contribution >= 4 is 58.1 Å². The van der Waals surface area contributed by atoms with E-state index in [4.69, 9.17) is 27.9 Å². The van der Waals surface area contributed by atoms with Gasteiger partial charge in [-0.15, -0.1) is 0 Å². The van der Waals surface area contributed by atoms with Crippen molar-refractivity contribution in [3.63, 3.8) is 0 Å². The van der Waals surface area contributed by atoms with Gasteiger partial charge in [0.25, 0.3) is 5.91 Å². The predicted octanol–water partition coefficient (Wildman–Crippen LogP) is 4.49. The van der Waals surface area contributed by atoms with Gasteiger partial charge in [-0.05, 0) is 43.7 Å². The van der Waals surface area contributed by atoms with E-state index < -0.39 is 18.5 Å². The fraction of sp³-hybridized carbons (Fsp3) is 0.238. The van der Waals surface area contributed by atoms with Gasteiger partial charge < -0.3 is 15.4 Å². The largest absolute Gasteiger partial charge is 0.456 e. The zero-order chi connectivity index (χ0) is 22.1. The van der Waals surface area contributed by atoms with Crippen LogP contribution in [0, 0.1) is 0 Å². The minimum absolute atomic E-state index is 0.0120. The number of rotatable bonds is 9. The van der Waals surface area contributed by atoms with Gasteiger partial charge in [-0.2, -0.15) is 0 Å². The number of esters is 1. The van der Waals surface area contributed by atoms with Crippen LogP contribution in [0.2, 0.25) is 10.0 Å². The molecule has 2 aromatic carbocycles. The van der Waals surface area contributed by atoms with Gasteiger partial charge in [-0.25, -0.2) is 0 Å². The standard InChI is InChI=1S/C21H20Cl2N2O5/c1-13(26)14-4-2-5-15(10-14)25-20(28)12-30-21(29)7-3-6-19(27)24-16-8-9-17(22)18(23)11-16/h2,4-5,8-11H,3,6-7,12H2,1H3,(H,24,27)(H,25,28). The van der Waals surface area contributed by atoms with Gasteiger partial charge >= 0.3 is 5.97 Å². The summed E-state index contributed by atoms with van der Waals surface area (Å²) in [5.41, 5.74) is 1.40. The van der Waals surface area contributed by atoms with Crippen LogP contribution in [-0.2, 0) is 19.1 Å². The van der Waals surface area contributed by atoms with Crippen LogP contribution in [0.25, 0.3) is 0 Å². The minimum Gasteiger partial charge on any atom is -0.456 e. The summed E-state index contributed by atoms with van der Waals surface area (Å²) < 4.78 is 4.90. The number of carbonyl (C=O) groups is 4. The Labute approximate surface area is 183 Å². The SMILES string of the molecule is CC(=O)c1cccc(NC(=O)COC(=O)CCCC(=O)Nc2ccc(Cl)c(Cl)c2)c1. The van der Waals surface area contributed by atoms with E-state index in [9.17, 15) is 19.2 Å². The van der Waals surface area contributed by atoms with Crippen LogP contribution in [0.1, 0.15) is 36.5 Å². The van der Waals surface area contributed by atoms with Crippen LogP contribution in [0.15, 0.2) is 42.5 Å². The Morgan fingerprint density at radius 1 is 0.867 bits per heavy atom. The molecule has 0 heterocycles. The number of benzene rings is 2. The first kappa shape index (κ1) is 23.4. The molecule has 7 nitrogen and oxygen atoms in total. The molecule has 0 aliphatic rings. The quantitative estimate of drug-likeness (QED) is 0.432. The van der Waals surface area contributed by atoms with E-state index in [-0.39, 0.29) is 31.0 Å². The molecule has 0 aromatic heterocycles. The molecule has 0 fully saturated rings. The molecule has 2 aromatic rings. The number of carbonyl (C=O) groups excluding carboxylic acids is 4. The predicted molar refractivity (Wildman–Crippen MR) is 115 cm³/mol. The number of ether oxygens (including phenoxy) is 1. The molecule has 0 radical (unpaired) electrons. The fourth-order valence-electron chi connectivity index (χ4n) is 2.42. The van der Waals surface area contributed by atoms with Crippen LogP contribution in [0.4, 0.5) is 11.4 Å². The number of nitrogens with one attached hydrogen (secondary N) is 2. The highest BCUT2D eigenvalue weighted by Gasteiger charge is 2.11. The fourth-order valence-corrected chi connectivity index (χ4v) is 2.72. The van der Waals surface area contributed by atoms with Gasteiger partial charge in [0.2, 0.25) is 5.91 Å². The molecule has 0 spiro atoms. The lowest BCUT2D eigenvalue weighted by molar-refractivity contribution is -0.147.